The highest BCUT2D eigenvalue weighted by Gasteiger charge is 2.36. The summed E-state index contributed by atoms with van der Waals surface area (Å²) in [6.45, 7) is -0.204. The number of carbonyl (C=O) groups is 1. The third-order valence-corrected chi connectivity index (χ3v) is 4.52. The first-order valence-electron chi connectivity index (χ1n) is 5.62. The summed E-state index contributed by atoms with van der Waals surface area (Å²) in [6, 6.07) is 0. The monoisotopic (exact) mass is 265 g/mol. The molecule has 0 heterocycles. The maximum Gasteiger partial charge on any atom is 0.306 e. The molecule has 100 valence electrons. The molecule has 1 aliphatic rings. The average molecular weight is 265 g/mol. The van der Waals surface area contributed by atoms with Gasteiger partial charge in [-0.15, -0.1) is 0 Å². The van der Waals surface area contributed by atoms with Crippen molar-refractivity contribution < 1.29 is 23.1 Å². The number of sulfonamides is 1. The van der Waals surface area contributed by atoms with E-state index >= 15 is 0 Å². The van der Waals surface area contributed by atoms with Gasteiger partial charge in [0.2, 0.25) is 10.0 Å². The zero-order valence-electron chi connectivity index (χ0n) is 9.94. The Hall–Kier alpha value is -0.660. The molecule has 6 nitrogen and oxygen atoms in total. The largest absolute Gasteiger partial charge is 0.469 e. The summed E-state index contributed by atoms with van der Waals surface area (Å²) >= 11 is 0. The fourth-order valence-electron chi connectivity index (χ4n) is 2.04. The summed E-state index contributed by atoms with van der Waals surface area (Å²) in [4.78, 5) is 10.9. The van der Waals surface area contributed by atoms with E-state index in [9.17, 15) is 18.3 Å². The van der Waals surface area contributed by atoms with Crippen molar-refractivity contribution >= 4 is 16.0 Å². The first-order chi connectivity index (χ1) is 7.93. The second kappa shape index (κ2) is 5.79. The number of carbonyl (C=O) groups excluding carboxylic acids is 1. The van der Waals surface area contributed by atoms with E-state index in [1.165, 1.54) is 7.11 Å². The highest BCUT2D eigenvalue weighted by Crippen LogP contribution is 2.29. The Labute approximate surface area is 101 Å². The molecule has 17 heavy (non-hydrogen) atoms. The van der Waals surface area contributed by atoms with Crippen LogP contribution in [-0.4, -0.2) is 44.5 Å². The van der Waals surface area contributed by atoms with Crippen LogP contribution in [0, 0.1) is 0 Å². The van der Waals surface area contributed by atoms with Gasteiger partial charge in [-0.1, -0.05) is 12.8 Å². The highest BCUT2D eigenvalue weighted by molar-refractivity contribution is 7.89. The van der Waals surface area contributed by atoms with E-state index in [1.807, 2.05) is 0 Å². The fourth-order valence-corrected chi connectivity index (χ4v) is 3.51. The van der Waals surface area contributed by atoms with Crippen LogP contribution in [0.25, 0.3) is 0 Å². The van der Waals surface area contributed by atoms with Crippen LogP contribution in [0.2, 0.25) is 0 Å². The molecule has 0 aromatic heterocycles. The molecule has 1 fully saturated rings. The molecule has 0 unspecified atom stereocenters. The van der Waals surface area contributed by atoms with E-state index in [2.05, 4.69) is 9.46 Å². The SMILES string of the molecule is COC(=O)CCS(=O)(=O)NC1(CO)CCCC1. The van der Waals surface area contributed by atoms with Crippen molar-refractivity contribution in [2.75, 3.05) is 19.5 Å². The molecule has 0 aromatic carbocycles. The Morgan fingerprint density at radius 3 is 2.47 bits per heavy atom. The first kappa shape index (κ1) is 14.4. The summed E-state index contributed by atoms with van der Waals surface area (Å²) in [6.07, 6.45) is 2.91. The van der Waals surface area contributed by atoms with Crippen molar-refractivity contribution in [3.05, 3.63) is 0 Å². The Balaban J connectivity index is 2.56. The van der Waals surface area contributed by atoms with E-state index < -0.39 is 21.5 Å². The lowest BCUT2D eigenvalue weighted by molar-refractivity contribution is -0.140. The predicted molar refractivity (Wildman–Crippen MR) is 61.8 cm³/mol. The molecular formula is C10H19NO5S. The molecule has 1 rings (SSSR count). The van der Waals surface area contributed by atoms with Crippen molar-refractivity contribution in [2.24, 2.45) is 0 Å². The zero-order valence-corrected chi connectivity index (χ0v) is 10.8. The van der Waals surface area contributed by atoms with Gasteiger partial charge in [-0.3, -0.25) is 4.79 Å². The van der Waals surface area contributed by atoms with Crippen LogP contribution in [0.4, 0.5) is 0 Å². The molecule has 1 saturated carbocycles. The van der Waals surface area contributed by atoms with Crippen LogP contribution in [0.1, 0.15) is 32.1 Å². The van der Waals surface area contributed by atoms with Crippen LogP contribution in [0.15, 0.2) is 0 Å². The maximum absolute atomic E-state index is 11.7. The number of methoxy groups -OCH3 is 1. The number of hydrogen-bond acceptors (Lipinski definition) is 5. The second-order valence-electron chi connectivity index (χ2n) is 4.39. The third-order valence-electron chi connectivity index (χ3n) is 3.04. The van der Waals surface area contributed by atoms with E-state index in [-0.39, 0.29) is 18.8 Å². The molecule has 0 aromatic rings. The van der Waals surface area contributed by atoms with Gasteiger partial charge in [0.1, 0.15) is 0 Å². The quantitative estimate of drug-likeness (QED) is 0.647. The Morgan fingerprint density at radius 1 is 1.41 bits per heavy atom. The number of ether oxygens (including phenoxy) is 1. The number of hydrogen-bond donors (Lipinski definition) is 2. The number of rotatable bonds is 6. The lowest BCUT2D eigenvalue weighted by atomic mass is 10.0. The summed E-state index contributed by atoms with van der Waals surface area (Å²) in [7, 11) is -2.33. The van der Waals surface area contributed by atoms with Crippen LogP contribution in [0.5, 0.6) is 0 Å². The normalized spacial score (nSPS) is 19.2. The molecule has 2 N–H and O–H groups in total. The van der Waals surface area contributed by atoms with Crippen LogP contribution in [0.3, 0.4) is 0 Å². The zero-order chi connectivity index (χ0) is 12.9. The Morgan fingerprint density at radius 2 is 2.00 bits per heavy atom. The van der Waals surface area contributed by atoms with E-state index in [1.54, 1.807) is 0 Å². The molecular weight excluding hydrogens is 246 g/mol. The van der Waals surface area contributed by atoms with Crippen molar-refractivity contribution in [1.29, 1.82) is 0 Å². The van der Waals surface area contributed by atoms with Crippen LogP contribution in [-0.2, 0) is 19.6 Å². The van der Waals surface area contributed by atoms with Gasteiger partial charge in [-0.25, -0.2) is 13.1 Å². The molecule has 0 aliphatic heterocycles. The number of aliphatic hydroxyl groups excluding tert-OH is 1. The van der Waals surface area contributed by atoms with Crippen molar-refractivity contribution in [2.45, 2.75) is 37.6 Å². The van der Waals surface area contributed by atoms with E-state index in [0.717, 1.165) is 12.8 Å². The average Bonchev–Trinajstić information content (AvgIpc) is 2.74. The van der Waals surface area contributed by atoms with Gasteiger partial charge < -0.3 is 9.84 Å². The molecule has 0 spiro atoms. The standard InChI is InChI=1S/C10H19NO5S/c1-16-9(13)4-7-17(14,15)11-10(8-12)5-2-3-6-10/h11-12H,2-8H2,1H3. The maximum atomic E-state index is 11.7. The predicted octanol–water partition coefficient (Wildman–Crippen LogP) is -0.226. The number of aliphatic hydroxyl groups is 1. The van der Waals surface area contributed by atoms with Gasteiger partial charge in [-0.05, 0) is 12.8 Å². The molecule has 0 bridgehead atoms. The van der Waals surface area contributed by atoms with Crippen molar-refractivity contribution in [3.63, 3.8) is 0 Å². The van der Waals surface area contributed by atoms with Crippen molar-refractivity contribution in [3.8, 4) is 0 Å². The van der Waals surface area contributed by atoms with Gasteiger partial charge in [0.25, 0.3) is 0 Å². The minimum absolute atomic E-state index is 0.173. The molecule has 0 saturated heterocycles. The van der Waals surface area contributed by atoms with Crippen LogP contribution >= 0.6 is 0 Å². The lowest BCUT2D eigenvalue weighted by Gasteiger charge is -2.27. The molecule has 7 heteroatoms. The minimum Gasteiger partial charge on any atom is -0.469 e. The molecule has 0 atom stereocenters. The summed E-state index contributed by atoms with van der Waals surface area (Å²) in [5.41, 5.74) is -0.727. The van der Waals surface area contributed by atoms with Gasteiger partial charge in [0, 0.05) is 0 Å². The first-order valence-corrected chi connectivity index (χ1v) is 7.28. The minimum atomic E-state index is -3.55. The van der Waals surface area contributed by atoms with Crippen LogP contribution < -0.4 is 4.72 Å². The Bertz CT molecular complexity index is 359. The summed E-state index contributed by atoms with van der Waals surface area (Å²) in [5, 5.41) is 9.28. The lowest BCUT2D eigenvalue weighted by Crippen LogP contribution is -2.50. The van der Waals surface area contributed by atoms with Gasteiger partial charge in [0.15, 0.2) is 0 Å². The van der Waals surface area contributed by atoms with E-state index in [4.69, 9.17) is 0 Å². The second-order valence-corrected chi connectivity index (χ2v) is 6.23. The van der Waals surface area contributed by atoms with Gasteiger partial charge in [-0.2, -0.15) is 0 Å². The molecule has 1 aliphatic carbocycles. The highest BCUT2D eigenvalue weighted by atomic mass is 32.2. The smallest absolute Gasteiger partial charge is 0.306 e. The van der Waals surface area contributed by atoms with Crippen molar-refractivity contribution in [1.82, 2.24) is 4.72 Å². The molecule has 0 amide bonds. The third kappa shape index (κ3) is 4.25. The fraction of sp³-hybridized carbons (Fsp3) is 0.900. The number of esters is 1. The molecule has 0 radical (unpaired) electrons. The summed E-state index contributed by atoms with van der Waals surface area (Å²) in [5.74, 6) is -0.860. The van der Waals surface area contributed by atoms with E-state index in [0.29, 0.717) is 12.8 Å². The summed E-state index contributed by atoms with van der Waals surface area (Å²) < 4.78 is 30.4. The number of nitrogens with one attached hydrogen (secondary N) is 1. The van der Waals surface area contributed by atoms with Gasteiger partial charge >= 0.3 is 5.97 Å². The Kier molecular flexibility index (Phi) is 4.91. The van der Waals surface area contributed by atoms with Gasteiger partial charge in [0.05, 0.1) is 31.4 Å². The topological polar surface area (TPSA) is 92.7 Å².